The summed E-state index contributed by atoms with van der Waals surface area (Å²) < 4.78 is 61.7. The first-order chi connectivity index (χ1) is 8.48. The summed E-state index contributed by atoms with van der Waals surface area (Å²) >= 11 is 0. The van der Waals surface area contributed by atoms with Gasteiger partial charge in [-0.2, -0.15) is 22.0 Å². The van der Waals surface area contributed by atoms with E-state index >= 15 is 0 Å². The zero-order valence-corrected chi connectivity index (χ0v) is 10.0. The SMILES string of the molecule is Cc1ccc(N)c(C)c1NC(=O)C(F)(F)C(F)(F)F. The van der Waals surface area contributed by atoms with Crippen molar-refractivity contribution in [3.05, 3.63) is 23.3 Å². The van der Waals surface area contributed by atoms with Crippen LogP contribution in [0.3, 0.4) is 0 Å². The van der Waals surface area contributed by atoms with Crippen molar-refractivity contribution in [3.63, 3.8) is 0 Å². The Bertz CT molecular complexity index is 511. The van der Waals surface area contributed by atoms with Gasteiger partial charge in [-0.25, -0.2) is 0 Å². The van der Waals surface area contributed by atoms with E-state index in [1.807, 2.05) is 0 Å². The zero-order chi connectivity index (χ0) is 15.0. The highest BCUT2D eigenvalue weighted by atomic mass is 19.4. The third-order valence-corrected chi connectivity index (χ3v) is 2.59. The Morgan fingerprint density at radius 1 is 1.16 bits per heavy atom. The van der Waals surface area contributed by atoms with Crippen molar-refractivity contribution < 1.29 is 26.7 Å². The van der Waals surface area contributed by atoms with Crippen LogP contribution in [-0.2, 0) is 4.79 Å². The molecule has 0 aliphatic carbocycles. The minimum absolute atomic E-state index is 0.145. The highest BCUT2D eigenvalue weighted by Crippen LogP contribution is 2.37. The van der Waals surface area contributed by atoms with Crippen LogP contribution in [-0.4, -0.2) is 18.0 Å². The fraction of sp³-hybridized carbons (Fsp3) is 0.364. The summed E-state index contributed by atoms with van der Waals surface area (Å²) in [6.07, 6.45) is -5.95. The van der Waals surface area contributed by atoms with Crippen molar-refractivity contribution in [2.24, 2.45) is 0 Å². The van der Waals surface area contributed by atoms with Crippen LogP contribution >= 0.6 is 0 Å². The summed E-state index contributed by atoms with van der Waals surface area (Å²) in [5.41, 5.74) is 6.09. The number of benzene rings is 1. The first-order valence-electron chi connectivity index (χ1n) is 5.10. The molecule has 0 radical (unpaired) electrons. The molecule has 1 amide bonds. The van der Waals surface area contributed by atoms with Gasteiger partial charge in [0.2, 0.25) is 0 Å². The van der Waals surface area contributed by atoms with Crippen LogP contribution in [0.15, 0.2) is 12.1 Å². The summed E-state index contributed by atoms with van der Waals surface area (Å²) in [7, 11) is 0. The Kier molecular flexibility index (Phi) is 3.74. The normalized spacial score (nSPS) is 12.4. The molecule has 1 aromatic rings. The van der Waals surface area contributed by atoms with E-state index in [0.717, 1.165) is 0 Å². The monoisotopic (exact) mass is 282 g/mol. The quantitative estimate of drug-likeness (QED) is 0.647. The average molecular weight is 282 g/mol. The van der Waals surface area contributed by atoms with Gasteiger partial charge in [-0.1, -0.05) is 6.07 Å². The molecule has 0 saturated heterocycles. The van der Waals surface area contributed by atoms with Gasteiger partial charge in [0.05, 0.1) is 0 Å². The molecule has 19 heavy (non-hydrogen) atoms. The number of carbonyl (C=O) groups is 1. The topological polar surface area (TPSA) is 55.1 Å². The molecular weight excluding hydrogens is 271 g/mol. The van der Waals surface area contributed by atoms with E-state index in [0.29, 0.717) is 5.56 Å². The standard InChI is InChI=1S/C11H11F5N2O/c1-5-3-4-7(17)6(2)8(5)18-9(19)10(12,13)11(14,15)16/h3-4H,17H2,1-2H3,(H,18,19). The Morgan fingerprint density at radius 3 is 2.16 bits per heavy atom. The Labute approximate surface area is 105 Å². The Hall–Kier alpha value is -1.86. The maximum absolute atomic E-state index is 12.8. The number of nitrogens with two attached hydrogens (primary N) is 1. The molecule has 0 aliphatic heterocycles. The Balaban J connectivity index is 3.12. The summed E-state index contributed by atoms with van der Waals surface area (Å²) in [6, 6.07) is 2.87. The molecule has 1 aromatic carbocycles. The lowest BCUT2D eigenvalue weighted by Crippen LogP contribution is -2.47. The number of nitrogens with one attached hydrogen (secondary N) is 1. The van der Waals surface area contributed by atoms with Gasteiger partial charge in [-0.3, -0.25) is 4.79 Å². The number of rotatable bonds is 2. The van der Waals surface area contributed by atoms with E-state index in [1.165, 1.54) is 26.0 Å². The second-order valence-corrected chi connectivity index (χ2v) is 4.00. The maximum Gasteiger partial charge on any atom is 0.463 e. The Morgan fingerprint density at radius 2 is 1.68 bits per heavy atom. The number of hydrogen-bond acceptors (Lipinski definition) is 2. The van der Waals surface area contributed by atoms with E-state index in [4.69, 9.17) is 5.73 Å². The van der Waals surface area contributed by atoms with E-state index in [9.17, 15) is 26.7 Å². The molecule has 0 fully saturated rings. The van der Waals surface area contributed by atoms with Crippen LogP contribution in [0.25, 0.3) is 0 Å². The number of anilines is 2. The van der Waals surface area contributed by atoms with Crippen molar-refractivity contribution in [2.45, 2.75) is 25.9 Å². The number of carbonyl (C=O) groups excluding carboxylic acids is 1. The highest BCUT2D eigenvalue weighted by molar-refractivity contribution is 5.98. The lowest BCUT2D eigenvalue weighted by atomic mass is 10.1. The van der Waals surface area contributed by atoms with Crippen LogP contribution in [0.1, 0.15) is 11.1 Å². The summed E-state index contributed by atoms with van der Waals surface area (Å²) in [4.78, 5) is 11.1. The lowest BCUT2D eigenvalue weighted by molar-refractivity contribution is -0.267. The van der Waals surface area contributed by atoms with Crippen LogP contribution in [0, 0.1) is 13.8 Å². The summed E-state index contributed by atoms with van der Waals surface area (Å²) in [5.74, 6) is -7.90. The minimum Gasteiger partial charge on any atom is -0.398 e. The van der Waals surface area contributed by atoms with Crippen LogP contribution < -0.4 is 11.1 Å². The molecule has 106 valence electrons. The average Bonchev–Trinajstić information content (AvgIpc) is 2.27. The number of amides is 1. The highest BCUT2D eigenvalue weighted by Gasteiger charge is 2.63. The predicted octanol–water partition coefficient (Wildman–Crippen LogP) is 3.02. The molecule has 1 rings (SSSR count). The molecular formula is C11H11F5N2O. The van der Waals surface area contributed by atoms with Crippen molar-refractivity contribution in [3.8, 4) is 0 Å². The lowest BCUT2D eigenvalue weighted by Gasteiger charge is -2.20. The predicted molar refractivity (Wildman–Crippen MR) is 60.0 cm³/mol. The fourth-order valence-corrected chi connectivity index (χ4v) is 1.38. The third kappa shape index (κ3) is 2.77. The molecule has 0 heterocycles. The van der Waals surface area contributed by atoms with Gasteiger partial charge < -0.3 is 11.1 Å². The van der Waals surface area contributed by atoms with E-state index in [2.05, 4.69) is 0 Å². The van der Waals surface area contributed by atoms with Gasteiger partial charge in [0, 0.05) is 11.4 Å². The number of aryl methyl sites for hydroxylation is 1. The van der Waals surface area contributed by atoms with E-state index < -0.39 is 18.0 Å². The van der Waals surface area contributed by atoms with Gasteiger partial charge in [0.25, 0.3) is 0 Å². The van der Waals surface area contributed by atoms with Gasteiger partial charge >= 0.3 is 18.0 Å². The molecule has 0 saturated carbocycles. The van der Waals surface area contributed by atoms with E-state index in [-0.39, 0.29) is 16.9 Å². The van der Waals surface area contributed by atoms with Gasteiger partial charge in [0.15, 0.2) is 0 Å². The number of halogens is 5. The molecule has 0 bridgehead atoms. The molecule has 3 N–H and O–H groups in total. The zero-order valence-electron chi connectivity index (χ0n) is 10.0. The van der Waals surface area contributed by atoms with Crippen LogP contribution in [0.2, 0.25) is 0 Å². The maximum atomic E-state index is 12.8. The fourth-order valence-electron chi connectivity index (χ4n) is 1.38. The van der Waals surface area contributed by atoms with Crippen LogP contribution in [0.4, 0.5) is 33.3 Å². The van der Waals surface area contributed by atoms with Crippen molar-refractivity contribution in [2.75, 3.05) is 11.1 Å². The van der Waals surface area contributed by atoms with Crippen molar-refractivity contribution in [1.29, 1.82) is 0 Å². The largest absolute Gasteiger partial charge is 0.463 e. The van der Waals surface area contributed by atoms with E-state index in [1.54, 1.807) is 5.32 Å². The minimum atomic E-state index is -5.95. The van der Waals surface area contributed by atoms with Gasteiger partial charge in [-0.15, -0.1) is 0 Å². The molecule has 8 heteroatoms. The first-order valence-corrected chi connectivity index (χ1v) is 5.10. The first kappa shape index (κ1) is 15.2. The van der Waals surface area contributed by atoms with Gasteiger partial charge in [-0.05, 0) is 31.0 Å². The molecule has 0 unspecified atom stereocenters. The van der Waals surface area contributed by atoms with Crippen LogP contribution in [0.5, 0.6) is 0 Å². The number of alkyl halides is 5. The summed E-state index contributed by atoms with van der Waals surface area (Å²) in [5, 5.41) is 1.58. The second-order valence-electron chi connectivity index (χ2n) is 4.00. The van der Waals surface area contributed by atoms with Gasteiger partial charge in [0.1, 0.15) is 0 Å². The number of nitrogen functional groups attached to an aromatic ring is 1. The molecule has 0 spiro atoms. The molecule has 3 nitrogen and oxygen atoms in total. The van der Waals surface area contributed by atoms with Crippen molar-refractivity contribution >= 4 is 17.3 Å². The molecule has 0 aliphatic rings. The second kappa shape index (κ2) is 4.67. The van der Waals surface area contributed by atoms with Crippen molar-refractivity contribution in [1.82, 2.24) is 0 Å². The summed E-state index contributed by atoms with van der Waals surface area (Å²) in [6.45, 7) is 2.86. The molecule has 0 aromatic heterocycles. The molecule has 0 atom stereocenters. The smallest absolute Gasteiger partial charge is 0.398 e. The number of hydrogen-bond donors (Lipinski definition) is 2. The third-order valence-electron chi connectivity index (χ3n) is 2.59.